The average molecular weight is 249 g/mol. The molecule has 0 bridgehead atoms. The van der Waals surface area contributed by atoms with Crippen molar-refractivity contribution in [3.8, 4) is 11.5 Å². The second-order valence-corrected chi connectivity index (χ2v) is 5.04. The lowest BCUT2D eigenvalue weighted by Crippen LogP contribution is -2.34. The molecule has 0 amide bonds. The van der Waals surface area contributed by atoms with E-state index in [9.17, 15) is 4.79 Å². The van der Waals surface area contributed by atoms with Crippen molar-refractivity contribution in [1.82, 2.24) is 5.32 Å². The molecule has 1 aromatic rings. The number of rotatable bonds is 5. The van der Waals surface area contributed by atoms with Gasteiger partial charge in [0.05, 0.1) is 6.54 Å². The highest BCUT2D eigenvalue weighted by molar-refractivity contribution is 5.52. The van der Waals surface area contributed by atoms with Gasteiger partial charge in [-0.15, -0.1) is 0 Å². The van der Waals surface area contributed by atoms with Crippen LogP contribution in [0.5, 0.6) is 11.5 Å². The Bertz CT molecular complexity index is 429. The van der Waals surface area contributed by atoms with Gasteiger partial charge >= 0.3 is 0 Å². The van der Waals surface area contributed by atoms with E-state index in [1.54, 1.807) is 0 Å². The predicted molar refractivity (Wildman–Crippen MR) is 69.4 cm³/mol. The predicted octanol–water partition coefficient (Wildman–Crippen LogP) is 1.52. The highest BCUT2D eigenvalue weighted by Crippen LogP contribution is 2.34. The smallest absolute Gasteiger partial charge is 0.161 e. The normalized spacial score (nSPS) is 14.3. The monoisotopic (exact) mass is 249 g/mol. The van der Waals surface area contributed by atoms with Gasteiger partial charge in [0.15, 0.2) is 11.5 Å². The summed E-state index contributed by atoms with van der Waals surface area (Å²) in [5.74, 6) is 1.61. The lowest BCUT2D eigenvalue weighted by molar-refractivity contribution is -0.107. The number of hydrogen-bond acceptors (Lipinski definition) is 4. The van der Waals surface area contributed by atoms with Crippen LogP contribution in [0.3, 0.4) is 0 Å². The van der Waals surface area contributed by atoms with Crippen molar-refractivity contribution >= 4 is 6.29 Å². The zero-order valence-electron chi connectivity index (χ0n) is 10.9. The first-order chi connectivity index (χ1) is 8.63. The summed E-state index contributed by atoms with van der Waals surface area (Å²) in [6, 6.07) is 6.03. The minimum atomic E-state index is -0.0567. The zero-order valence-corrected chi connectivity index (χ0v) is 10.9. The van der Waals surface area contributed by atoms with Crippen LogP contribution >= 0.6 is 0 Å². The highest BCUT2D eigenvalue weighted by atomic mass is 16.6. The van der Waals surface area contributed by atoms with Crippen LogP contribution in [-0.2, 0) is 10.2 Å². The molecule has 2 rings (SSSR count). The summed E-state index contributed by atoms with van der Waals surface area (Å²) in [5.41, 5.74) is 1.11. The molecule has 1 heterocycles. The van der Waals surface area contributed by atoms with E-state index in [0.29, 0.717) is 19.8 Å². The molecule has 0 saturated carbocycles. The van der Waals surface area contributed by atoms with E-state index in [0.717, 1.165) is 24.3 Å². The molecule has 0 unspecified atom stereocenters. The minimum Gasteiger partial charge on any atom is -0.486 e. The number of fused-ring (bicyclic) bond motifs is 1. The summed E-state index contributed by atoms with van der Waals surface area (Å²) in [6.07, 6.45) is 0.875. The third-order valence-corrected chi connectivity index (χ3v) is 3.12. The lowest BCUT2D eigenvalue weighted by atomic mass is 9.84. The first kappa shape index (κ1) is 12.9. The summed E-state index contributed by atoms with van der Waals surface area (Å²) in [6.45, 7) is 6.60. The number of ether oxygens (including phenoxy) is 2. The Hall–Kier alpha value is -1.55. The summed E-state index contributed by atoms with van der Waals surface area (Å²) in [4.78, 5) is 10.3. The highest BCUT2D eigenvalue weighted by Gasteiger charge is 2.22. The first-order valence-electron chi connectivity index (χ1n) is 6.18. The topological polar surface area (TPSA) is 47.6 Å². The molecule has 0 atom stereocenters. The second kappa shape index (κ2) is 5.40. The maximum atomic E-state index is 10.3. The Labute approximate surface area is 107 Å². The van der Waals surface area contributed by atoms with Gasteiger partial charge in [0.2, 0.25) is 0 Å². The molecule has 0 spiro atoms. The van der Waals surface area contributed by atoms with Crippen molar-refractivity contribution in [1.29, 1.82) is 0 Å². The first-order valence-corrected chi connectivity index (χ1v) is 6.18. The van der Waals surface area contributed by atoms with Gasteiger partial charge in [-0.05, 0) is 17.7 Å². The zero-order chi connectivity index (χ0) is 13.0. The van der Waals surface area contributed by atoms with Gasteiger partial charge in [-0.2, -0.15) is 0 Å². The number of carbonyl (C=O) groups excluding carboxylic acids is 1. The molecule has 1 aliphatic rings. The van der Waals surface area contributed by atoms with E-state index in [-0.39, 0.29) is 5.41 Å². The summed E-state index contributed by atoms with van der Waals surface area (Å²) >= 11 is 0. The van der Waals surface area contributed by atoms with Gasteiger partial charge in [0.1, 0.15) is 19.5 Å². The Balaban J connectivity index is 2.14. The van der Waals surface area contributed by atoms with Gasteiger partial charge in [-0.25, -0.2) is 0 Å². The quantitative estimate of drug-likeness (QED) is 0.635. The van der Waals surface area contributed by atoms with E-state index in [1.807, 2.05) is 12.1 Å². The fraction of sp³-hybridized carbons (Fsp3) is 0.500. The molecule has 98 valence electrons. The van der Waals surface area contributed by atoms with Crippen LogP contribution in [0, 0.1) is 0 Å². The van der Waals surface area contributed by atoms with E-state index in [4.69, 9.17) is 9.47 Å². The third kappa shape index (κ3) is 2.82. The fourth-order valence-corrected chi connectivity index (χ4v) is 2.01. The van der Waals surface area contributed by atoms with Crippen LogP contribution in [0.4, 0.5) is 0 Å². The number of carbonyl (C=O) groups is 1. The molecule has 4 heteroatoms. The van der Waals surface area contributed by atoms with Gasteiger partial charge < -0.3 is 19.6 Å². The van der Waals surface area contributed by atoms with Crippen molar-refractivity contribution in [3.63, 3.8) is 0 Å². The molecule has 1 N–H and O–H groups in total. The Morgan fingerprint density at radius 2 is 2.00 bits per heavy atom. The van der Waals surface area contributed by atoms with Gasteiger partial charge in [0, 0.05) is 12.0 Å². The van der Waals surface area contributed by atoms with Gasteiger partial charge in [-0.1, -0.05) is 19.9 Å². The molecule has 18 heavy (non-hydrogen) atoms. The summed E-state index contributed by atoms with van der Waals surface area (Å²) in [7, 11) is 0. The third-order valence-electron chi connectivity index (χ3n) is 3.12. The number of hydrogen-bond donors (Lipinski definition) is 1. The lowest BCUT2D eigenvalue weighted by Gasteiger charge is -2.27. The van der Waals surface area contributed by atoms with Crippen LogP contribution in [0.15, 0.2) is 18.2 Å². The molecule has 0 fully saturated rings. The van der Waals surface area contributed by atoms with E-state index in [1.165, 1.54) is 5.56 Å². The second-order valence-electron chi connectivity index (χ2n) is 5.04. The maximum absolute atomic E-state index is 10.3. The Morgan fingerprint density at radius 1 is 1.28 bits per heavy atom. The van der Waals surface area contributed by atoms with Crippen LogP contribution in [0.25, 0.3) is 0 Å². The molecule has 1 aliphatic heterocycles. The number of benzene rings is 1. The molecule has 0 saturated heterocycles. The average Bonchev–Trinajstić information content (AvgIpc) is 2.38. The van der Waals surface area contributed by atoms with E-state index >= 15 is 0 Å². The van der Waals surface area contributed by atoms with Crippen molar-refractivity contribution in [2.45, 2.75) is 19.3 Å². The van der Waals surface area contributed by atoms with Gasteiger partial charge in [-0.3, -0.25) is 0 Å². The summed E-state index contributed by atoms with van der Waals surface area (Å²) < 4.78 is 11.1. The van der Waals surface area contributed by atoms with E-state index < -0.39 is 0 Å². The van der Waals surface area contributed by atoms with Crippen LogP contribution in [0.2, 0.25) is 0 Å². The van der Waals surface area contributed by atoms with Crippen molar-refractivity contribution < 1.29 is 14.3 Å². The number of aldehydes is 1. The van der Waals surface area contributed by atoms with Crippen molar-refractivity contribution in [3.05, 3.63) is 23.8 Å². The molecule has 0 aliphatic carbocycles. The van der Waals surface area contributed by atoms with Crippen molar-refractivity contribution in [2.24, 2.45) is 0 Å². The van der Waals surface area contributed by atoms with Gasteiger partial charge in [0.25, 0.3) is 0 Å². The molecule has 4 nitrogen and oxygen atoms in total. The van der Waals surface area contributed by atoms with Crippen LogP contribution in [-0.4, -0.2) is 32.6 Å². The molecular formula is C14H19NO3. The maximum Gasteiger partial charge on any atom is 0.161 e. The molecule has 1 aromatic carbocycles. The van der Waals surface area contributed by atoms with E-state index in [2.05, 4.69) is 25.2 Å². The Kier molecular flexibility index (Phi) is 3.87. The Morgan fingerprint density at radius 3 is 2.72 bits per heavy atom. The van der Waals surface area contributed by atoms with Crippen LogP contribution < -0.4 is 14.8 Å². The SMILES string of the molecule is CC(C)(CNCC=O)c1ccc2c(c1)OCCO2. The van der Waals surface area contributed by atoms with Crippen molar-refractivity contribution in [2.75, 3.05) is 26.3 Å². The minimum absolute atomic E-state index is 0.0567. The molecular weight excluding hydrogens is 230 g/mol. The van der Waals surface area contributed by atoms with Crippen LogP contribution in [0.1, 0.15) is 19.4 Å². The molecule has 0 aromatic heterocycles. The largest absolute Gasteiger partial charge is 0.486 e. The fourth-order valence-electron chi connectivity index (χ4n) is 2.01. The molecule has 0 radical (unpaired) electrons. The summed E-state index contributed by atoms with van der Waals surface area (Å²) in [5, 5.41) is 3.11. The number of nitrogens with one attached hydrogen (secondary N) is 1. The standard InChI is InChI=1S/C14H19NO3/c1-14(2,10-15-5-6-16)11-3-4-12-13(9-11)18-8-7-17-12/h3-4,6,9,15H,5,7-8,10H2,1-2H3.